The highest BCUT2D eigenvalue weighted by atomic mass is 16.4. The van der Waals surface area contributed by atoms with Crippen LogP contribution in [0.4, 0.5) is 0 Å². The summed E-state index contributed by atoms with van der Waals surface area (Å²) < 4.78 is 0. The highest BCUT2D eigenvalue weighted by Crippen LogP contribution is 2.35. The molecule has 10 heteroatoms. The molecule has 0 radical (unpaired) electrons. The average Bonchev–Trinajstić information content (AvgIpc) is 2.69. The van der Waals surface area contributed by atoms with Gasteiger partial charge in [0.15, 0.2) is 0 Å². The van der Waals surface area contributed by atoms with E-state index in [0.29, 0.717) is 11.8 Å². The van der Waals surface area contributed by atoms with Crippen LogP contribution in [0.5, 0.6) is 0 Å². The minimum absolute atomic E-state index is 0.0267. The SMILES string of the molecule is O=C(O)CC(NC1CCC(CC2CCC(NC(CC(=O)O)C(=O)O)CC2)CC1)C(=O)O. The van der Waals surface area contributed by atoms with Gasteiger partial charge in [-0.25, -0.2) is 0 Å². The zero-order valence-electron chi connectivity index (χ0n) is 17.7. The molecule has 2 unspecified atom stereocenters. The molecule has 176 valence electrons. The van der Waals surface area contributed by atoms with Crippen LogP contribution in [0.3, 0.4) is 0 Å². The molecule has 2 aliphatic carbocycles. The van der Waals surface area contributed by atoms with Crippen molar-refractivity contribution in [1.29, 1.82) is 0 Å². The lowest BCUT2D eigenvalue weighted by molar-refractivity contribution is -0.146. The van der Waals surface area contributed by atoms with Crippen molar-refractivity contribution in [2.45, 2.75) is 94.8 Å². The van der Waals surface area contributed by atoms with Gasteiger partial charge in [-0.2, -0.15) is 0 Å². The first kappa shape index (κ1) is 25.1. The van der Waals surface area contributed by atoms with Crippen LogP contribution < -0.4 is 10.6 Å². The van der Waals surface area contributed by atoms with Gasteiger partial charge in [-0.3, -0.25) is 19.2 Å². The summed E-state index contributed by atoms with van der Waals surface area (Å²) in [6, 6.07) is -2.06. The molecule has 2 aliphatic rings. The Morgan fingerprint density at radius 2 is 0.935 bits per heavy atom. The molecule has 31 heavy (non-hydrogen) atoms. The summed E-state index contributed by atoms with van der Waals surface area (Å²) in [4.78, 5) is 44.1. The van der Waals surface area contributed by atoms with E-state index in [1.165, 1.54) is 0 Å². The van der Waals surface area contributed by atoms with Gasteiger partial charge in [0.2, 0.25) is 0 Å². The van der Waals surface area contributed by atoms with E-state index < -0.39 is 48.8 Å². The second-order valence-corrected chi connectivity index (χ2v) is 8.98. The molecular weight excluding hydrogens is 408 g/mol. The molecule has 2 saturated carbocycles. The quantitative estimate of drug-likeness (QED) is 0.260. The molecule has 0 bridgehead atoms. The summed E-state index contributed by atoms with van der Waals surface area (Å²) in [5.41, 5.74) is 0. The van der Waals surface area contributed by atoms with Crippen LogP contribution in [0.25, 0.3) is 0 Å². The van der Waals surface area contributed by atoms with Gasteiger partial charge in [0, 0.05) is 12.1 Å². The highest BCUT2D eigenvalue weighted by Gasteiger charge is 2.31. The minimum atomic E-state index is -1.14. The van der Waals surface area contributed by atoms with E-state index in [1.807, 2.05) is 0 Å². The summed E-state index contributed by atoms with van der Waals surface area (Å²) >= 11 is 0. The molecule has 6 N–H and O–H groups in total. The number of rotatable bonds is 12. The maximum Gasteiger partial charge on any atom is 0.321 e. The molecule has 10 nitrogen and oxygen atoms in total. The smallest absolute Gasteiger partial charge is 0.321 e. The number of aliphatic carboxylic acids is 4. The molecule has 0 heterocycles. The van der Waals surface area contributed by atoms with Gasteiger partial charge in [0.25, 0.3) is 0 Å². The minimum Gasteiger partial charge on any atom is -0.481 e. The Hall–Kier alpha value is -2.20. The van der Waals surface area contributed by atoms with Crippen LogP contribution in [0, 0.1) is 11.8 Å². The Morgan fingerprint density at radius 3 is 1.19 bits per heavy atom. The molecular formula is C21H34N2O8. The van der Waals surface area contributed by atoms with Crippen LogP contribution in [0.1, 0.15) is 70.6 Å². The van der Waals surface area contributed by atoms with Crippen molar-refractivity contribution in [3.8, 4) is 0 Å². The number of hydrogen-bond donors (Lipinski definition) is 6. The molecule has 0 aromatic carbocycles. The summed E-state index contributed by atoms with van der Waals surface area (Å²) in [6.07, 6.45) is 7.49. The third-order valence-corrected chi connectivity index (χ3v) is 6.59. The Bertz CT molecular complexity index is 585. The number of carboxylic acids is 4. The van der Waals surface area contributed by atoms with E-state index in [1.54, 1.807) is 0 Å². The fraction of sp³-hybridized carbons (Fsp3) is 0.810. The Morgan fingerprint density at radius 1 is 0.613 bits per heavy atom. The summed E-state index contributed by atoms with van der Waals surface area (Å²) in [6.45, 7) is 0. The van der Waals surface area contributed by atoms with Crippen LogP contribution in [0.2, 0.25) is 0 Å². The Balaban J connectivity index is 1.69. The second-order valence-electron chi connectivity index (χ2n) is 8.98. The van der Waals surface area contributed by atoms with Gasteiger partial charge >= 0.3 is 23.9 Å². The van der Waals surface area contributed by atoms with Crippen LogP contribution in [0.15, 0.2) is 0 Å². The van der Waals surface area contributed by atoms with Crippen molar-refractivity contribution in [2.24, 2.45) is 11.8 Å². The van der Waals surface area contributed by atoms with E-state index in [9.17, 15) is 29.4 Å². The first-order valence-electron chi connectivity index (χ1n) is 11.0. The largest absolute Gasteiger partial charge is 0.481 e. The van der Waals surface area contributed by atoms with E-state index >= 15 is 0 Å². The normalized spacial score (nSPS) is 28.4. The molecule has 2 rings (SSSR count). The second kappa shape index (κ2) is 12.0. The molecule has 2 fully saturated rings. The molecule has 0 aromatic heterocycles. The van der Waals surface area contributed by atoms with Crippen molar-refractivity contribution < 1.29 is 39.6 Å². The van der Waals surface area contributed by atoms with E-state index in [4.69, 9.17) is 10.2 Å². The van der Waals surface area contributed by atoms with Crippen LogP contribution >= 0.6 is 0 Å². The maximum atomic E-state index is 11.2. The highest BCUT2D eigenvalue weighted by molar-refractivity contribution is 5.81. The fourth-order valence-corrected chi connectivity index (χ4v) is 4.95. The lowest BCUT2D eigenvalue weighted by atomic mass is 9.75. The fourth-order valence-electron chi connectivity index (χ4n) is 4.95. The van der Waals surface area contributed by atoms with Gasteiger partial charge in [-0.05, 0) is 69.6 Å². The average molecular weight is 443 g/mol. The monoisotopic (exact) mass is 442 g/mol. The standard InChI is InChI=1S/C21H34N2O8/c24-18(25)10-16(20(28)29)22-14-5-1-12(2-6-14)9-13-3-7-15(8-4-13)23-17(21(30)31)11-19(26)27/h12-17,22-23H,1-11H2,(H,24,25)(H,26,27)(H,28,29)(H,30,31). The van der Waals surface area contributed by atoms with Gasteiger partial charge in [0.05, 0.1) is 12.8 Å². The predicted molar refractivity (Wildman–Crippen MR) is 110 cm³/mol. The third kappa shape index (κ3) is 8.82. The zero-order chi connectivity index (χ0) is 23.0. The lowest BCUT2D eigenvalue weighted by Gasteiger charge is -2.35. The molecule has 0 aromatic rings. The Labute approximate surface area is 181 Å². The number of carboxylic acid groups (broad SMARTS) is 4. The van der Waals surface area contributed by atoms with Gasteiger partial charge in [0.1, 0.15) is 12.1 Å². The van der Waals surface area contributed by atoms with E-state index in [2.05, 4.69) is 10.6 Å². The number of carbonyl (C=O) groups is 4. The predicted octanol–water partition coefficient (Wildman–Crippen LogP) is 1.53. The first-order valence-corrected chi connectivity index (χ1v) is 11.0. The van der Waals surface area contributed by atoms with Gasteiger partial charge in [-0.15, -0.1) is 0 Å². The van der Waals surface area contributed by atoms with E-state index in [0.717, 1.165) is 57.8 Å². The van der Waals surface area contributed by atoms with Gasteiger partial charge < -0.3 is 31.1 Å². The van der Waals surface area contributed by atoms with E-state index in [-0.39, 0.29) is 12.1 Å². The molecule has 2 atom stereocenters. The summed E-state index contributed by atoms with van der Waals surface area (Å²) in [5, 5.41) is 42.0. The third-order valence-electron chi connectivity index (χ3n) is 6.59. The summed E-state index contributed by atoms with van der Waals surface area (Å²) in [5.74, 6) is -3.40. The topological polar surface area (TPSA) is 173 Å². The van der Waals surface area contributed by atoms with Crippen molar-refractivity contribution in [3.63, 3.8) is 0 Å². The molecule has 0 saturated heterocycles. The Kier molecular flexibility index (Phi) is 9.70. The lowest BCUT2D eigenvalue weighted by Crippen LogP contribution is -2.46. The number of nitrogens with one attached hydrogen (secondary N) is 2. The summed E-state index contributed by atoms with van der Waals surface area (Å²) in [7, 11) is 0. The van der Waals surface area contributed by atoms with Gasteiger partial charge in [-0.1, -0.05) is 0 Å². The van der Waals surface area contributed by atoms with Crippen LogP contribution in [-0.2, 0) is 19.2 Å². The van der Waals surface area contributed by atoms with Crippen LogP contribution in [-0.4, -0.2) is 68.5 Å². The molecule has 0 amide bonds. The first-order chi connectivity index (χ1) is 14.6. The number of hydrogen-bond acceptors (Lipinski definition) is 6. The zero-order valence-corrected chi connectivity index (χ0v) is 17.7. The maximum absolute atomic E-state index is 11.2. The van der Waals surface area contributed by atoms with Crippen molar-refractivity contribution >= 4 is 23.9 Å². The van der Waals surface area contributed by atoms with Crippen molar-refractivity contribution in [1.82, 2.24) is 10.6 Å². The van der Waals surface area contributed by atoms with Crippen molar-refractivity contribution in [3.05, 3.63) is 0 Å². The molecule has 0 aliphatic heterocycles. The van der Waals surface area contributed by atoms with Crippen molar-refractivity contribution in [2.75, 3.05) is 0 Å². The molecule has 0 spiro atoms.